The standard InChI is InChI=1S/C33H48N4O8/c1-32(2,3)27(30(40)45-33(4,5)6)37-31(41)44-25-15-19(25)11-9-8-10-12-21-26(38)22-18-34-14-13-23(22)36-28(21)43-20-16-24(35-17-20)29(39)42-7/h13-14,18-20,24-25,27,35H,8-12,15-17H2,1-7H3,(H,36,38)(H,37,41)/t19-,20-,24+,25-,27-/m1/s1. The molecule has 2 aliphatic rings. The fourth-order valence-electron chi connectivity index (χ4n) is 5.54. The number of carbonyl (C=O) groups is 3. The number of amides is 1. The number of fused-ring (bicyclic) bond motifs is 1. The van der Waals surface area contributed by atoms with E-state index in [-0.39, 0.29) is 29.8 Å². The molecule has 2 aromatic heterocycles. The Morgan fingerprint density at radius 3 is 2.56 bits per heavy atom. The van der Waals surface area contributed by atoms with Crippen LogP contribution in [0.15, 0.2) is 18.5 Å². The van der Waals surface area contributed by atoms with Gasteiger partial charge in [0.15, 0.2) is 0 Å². The molecular formula is C33H48N4O8. The number of alkyl carbamates (subject to hydrolysis) is 1. The molecule has 3 N–H and O–H groups in total. The minimum atomic E-state index is -0.828. The SMILES string of the molecule is COC(=O)[C@@H]1C[C@@H](Oc2nc3ccncc3c(O)c2CCCCC[C@@H]2C[C@H]2OC(=O)N[C@H](C(=O)OC(C)(C)C)C(C)(C)C)CN1. The molecule has 2 aromatic rings. The number of aromatic nitrogens is 2. The highest BCUT2D eigenvalue weighted by atomic mass is 16.6. The summed E-state index contributed by atoms with van der Waals surface area (Å²) in [6.07, 6.45) is 7.49. The van der Waals surface area contributed by atoms with E-state index in [4.69, 9.17) is 18.9 Å². The molecule has 3 heterocycles. The summed E-state index contributed by atoms with van der Waals surface area (Å²) in [6, 6.07) is 0.463. The summed E-state index contributed by atoms with van der Waals surface area (Å²) in [4.78, 5) is 46.1. The van der Waals surface area contributed by atoms with Crippen molar-refractivity contribution in [1.82, 2.24) is 20.6 Å². The Balaban J connectivity index is 1.26. The fourth-order valence-corrected chi connectivity index (χ4v) is 5.54. The molecule has 5 atom stereocenters. The molecular weight excluding hydrogens is 580 g/mol. The average Bonchev–Trinajstić information content (AvgIpc) is 3.51. The van der Waals surface area contributed by atoms with Crippen LogP contribution in [0.4, 0.5) is 4.79 Å². The van der Waals surface area contributed by atoms with Crippen LogP contribution < -0.4 is 15.4 Å². The lowest BCUT2D eigenvalue weighted by Gasteiger charge is -2.32. The molecule has 0 bridgehead atoms. The quantitative estimate of drug-likeness (QED) is 0.171. The molecule has 1 saturated carbocycles. The van der Waals surface area contributed by atoms with Gasteiger partial charge in [0.1, 0.15) is 35.6 Å². The smallest absolute Gasteiger partial charge is 0.408 e. The van der Waals surface area contributed by atoms with E-state index in [1.807, 2.05) is 20.8 Å². The number of hydrogen-bond donors (Lipinski definition) is 3. The molecule has 1 saturated heterocycles. The number of pyridine rings is 2. The van der Waals surface area contributed by atoms with E-state index in [2.05, 4.69) is 20.6 Å². The largest absolute Gasteiger partial charge is 0.507 e. The Morgan fingerprint density at radius 2 is 1.87 bits per heavy atom. The van der Waals surface area contributed by atoms with Gasteiger partial charge in [-0.15, -0.1) is 0 Å². The van der Waals surface area contributed by atoms with Crippen LogP contribution in [-0.2, 0) is 30.2 Å². The first-order valence-corrected chi connectivity index (χ1v) is 15.8. The number of ether oxygens (including phenoxy) is 4. The summed E-state index contributed by atoms with van der Waals surface area (Å²) in [7, 11) is 1.36. The van der Waals surface area contributed by atoms with Gasteiger partial charge >= 0.3 is 18.0 Å². The first-order chi connectivity index (χ1) is 21.2. The third kappa shape index (κ3) is 9.42. The molecule has 1 aliphatic carbocycles. The normalized spacial score (nSPS) is 22.0. The van der Waals surface area contributed by atoms with Crippen molar-refractivity contribution >= 4 is 28.9 Å². The molecule has 248 valence electrons. The summed E-state index contributed by atoms with van der Waals surface area (Å²) in [5.74, 6) is -0.0587. The number of rotatable bonds is 12. The van der Waals surface area contributed by atoms with Crippen LogP contribution in [0.5, 0.6) is 11.6 Å². The van der Waals surface area contributed by atoms with Crippen molar-refractivity contribution in [3.8, 4) is 11.6 Å². The Kier molecular flexibility index (Phi) is 10.8. The fraction of sp³-hybridized carbons (Fsp3) is 0.667. The van der Waals surface area contributed by atoms with Crippen LogP contribution in [0, 0.1) is 11.3 Å². The third-order valence-electron chi connectivity index (χ3n) is 8.06. The molecule has 2 fully saturated rings. The summed E-state index contributed by atoms with van der Waals surface area (Å²) >= 11 is 0. The summed E-state index contributed by atoms with van der Waals surface area (Å²) in [5.41, 5.74) is 0.00622. The molecule has 0 radical (unpaired) electrons. The molecule has 1 amide bonds. The van der Waals surface area contributed by atoms with Crippen LogP contribution in [0.25, 0.3) is 10.9 Å². The van der Waals surface area contributed by atoms with Crippen molar-refractivity contribution < 1.29 is 38.4 Å². The van der Waals surface area contributed by atoms with Crippen LogP contribution in [0.2, 0.25) is 0 Å². The minimum Gasteiger partial charge on any atom is -0.507 e. The predicted molar refractivity (Wildman–Crippen MR) is 167 cm³/mol. The van der Waals surface area contributed by atoms with Crippen molar-refractivity contribution in [1.29, 1.82) is 0 Å². The Hall–Kier alpha value is -3.67. The number of unbranched alkanes of at least 4 members (excludes halogenated alkanes) is 2. The van der Waals surface area contributed by atoms with E-state index in [1.165, 1.54) is 7.11 Å². The maximum absolute atomic E-state index is 12.7. The summed E-state index contributed by atoms with van der Waals surface area (Å²) in [6.45, 7) is 11.5. The molecule has 0 spiro atoms. The van der Waals surface area contributed by atoms with Gasteiger partial charge in [0, 0.05) is 25.4 Å². The molecule has 45 heavy (non-hydrogen) atoms. The number of esters is 2. The van der Waals surface area contributed by atoms with Crippen molar-refractivity contribution in [3.05, 3.63) is 24.0 Å². The third-order valence-corrected chi connectivity index (χ3v) is 8.06. The molecule has 0 unspecified atom stereocenters. The van der Waals surface area contributed by atoms with Gasteiger partial charge in [-0.3, -0.25) is 9.78 Å². The second-order valence-electron chi connectivity index (χ2n) is 14.1. The van der Waals surface area contributed by atoms with Crippen LogP contribution in [-0.4, -0.2) is 76.7 Å². The van der Waals surface area contributed by atoms with E-state index in [0.29, 0.717) is 41.7 Å². The zero-order valence-electron chi connectivity index (χ0n) is 27.5. The summed E-state index contributed by atoms with van der Waals surface area (Å²) in [5, 5.41) is 17.5. The number of nitrogens with one attached hydrogen (secondary N) is 2. The Labute approximate surface area is 264 Å². The highest BCUT2D eigenvalue weighted by Crippen LogP contribution is 2.39. The van der Waals surface area contributed by atoms with Crippen LogP contribution in [0.1, 0.15) is 85.6 Å². The molecule has 12 nitrogen and oxygen atoms in total. The van der Waals surface area contributed by atoms with Crippen molar-refractivity contribution in [2.75, 3.05) is 13.7 Å². The van der Waals surface area contributed by atoms with Crippen molar-refractivity contribution in [2.24, 2.45) is 11.3 Å². The molecule has 4 rings (SSSR count). The number of hydrogen-bond acceptors (Lipinski definition) is 11. The number of methoxy groups -OCH3 is 1. The lowest BCUT2D eigenvalue weighted by molar-refractivity contribution is -0.160. The molecule has 0 aromatic carbocycles. The zero-order chi connectivity index (χ0) is 32.9. The predicted octanol–water partition coefficient (Wildman–Crippen LogP) is 4.59. The second-order valence-corrected chi connectivity index (χ2v) is 14.1. The Bertz CT molecular complexity index is 1370. The van der Waals surface area contributed by atoms with E-state index in [9.17, 15) is 19.5 Å². The highest BCUT2D eigenvalue weighted by molar-refractivity contribution is 5.86. The first-order valence-electron chi connectivity index (χ1n) is 15.8. The zero-order valence-corrected chi connectivity index (χ0v) is 27.5. The Morgan fingerprint density at radius 1 is 1.11 bits per heavy atom. The average molecular weight is 629 g/mol. The maximum Gasteiger partial charge on any atom is 0.408 e. The van der Waals surface area contributed by atoms with E-state index in [0.717, 1.165) is 32.1 Å². The molecule has 12 heteroatoms. The maximum atomic E-state index is 12.7. The van der Waals surface area contributed by atoms with E-state index >= 15 is 0 Å². The first kappa shape index (κ1) is 34.2. The lowest BCUT2D eigenvalue weighted by Crippen LogP contribution is -2.51. The monoisotopic (exact) mass is 628 g/mol. The van der Waals surface area contributed by atoms with Gasteiger partial charge in [0.25, 0.3) is 0 Å². The summed E-state index contributed by atoms with van der Waals surface area (Å²) < 4.78 is 22.2. The van der Waals surface area contributed by atoms with Crippen molar-refractivity contribution in [2.45, 2.75) is 116 Å². The number of aromatic hydroxyl groups is 1. The lowest BCUT2D eigenvalue weighted by atomic mass is 9.86. The van der Waals surface area contributed by atoms with Gasteiger partial charge in [0.2, 0.25) is 5.88 Å². The topological polar surface area (TPSA) is 158 Å². The molecule has 1 aliphatic heterocycles. The van der Waals surface area contributed by atoms with Gasteiger partial charge in [-0.05, 0) is 63.9 Å². The minimum absolute atomic E-state index is 0.111. The van der Waals surface area contributed by atoms with E-state index in [1.54, 1.807) is 39.2 Å². The highest BCUT2D eigenvalue weighted by Gasteiger charge is 2.42. The second kappa shape index (κ2) is 14.2. The van der Waals surface area contributed by atoms with Gasteiger partial charge < -0.3 is 34.7 Å². The number of nitrogens with zero attached hydrogens (tertiary/aromatic N) is 2. The van der Waals surface area contributed by atoms with E-state index < -0.39 is 35.2 Å². The van der Waals surface area contributed by atoms with Crippen LogP contribution in [0.3, 0.4) is 0 Å². The van der Waals surface area contributed by atoms with Gasteiger partial charge in [-0.2, -0.15) is 0 Å². The van der Waals surface area contributed by atoms with Gasteiger partial charge in [-0.1, -0.05) is 33.6 Å². The van der Waals surface area contributed by atoms with Gasteiger partial charge in [0.05, 0.1) is 23.6 Å². The number of carbonyl (C=O) groups excluding carboxylic acids is 3. The van der Waals surface area contributed by atoms with Gasteiger partial charge in [-0.25, -0.2) is 14.6 Å². The van der Waals surface area contributed by atoms with Crippen molar-refractivity contribution in [3.63, 3.8) is 0 Å². The van der Waals surface area contributed by atoms with Crippen LogP contribution >= 0.6 is 0 Å².